The van der Waals surface area contributed by atoms with Gasteiger partial charge in [-0.15, -0.1) is 0 Å². The number of hydrogen-bond acceptors (Lipinski definition) is 3. The first-order chi connectivity index (χ1) is 5.86. The molecule has 0 atom stereocenters. The molecule has 1 aliphatic heterocycles. The van der Waals surface area contributed by atoms with Crippen LogP contribution in [0.2, 0.25) is 0 Å². The fourth-order valence-electron chi connectivity index (χ4n) is 1.60. The van der Waals surface area contributed by atoms with Gasteiger partial charge in [0.25, 0.3) is 0 Å². The van der Waals surface area contributed by atoms with E-state index in [-0.39, 0.29) is 6.61 Å². The zero-order valence-electron chi connectivity index (χ0n) is 7.83. The van der Waals surface area contributed by atoms with Crippen LogP contribution in [0.1, 0.15) is 13.3 Å². The first-order valence-corrected chi connectivity index (χ1v) is 4.77. The Labute approximate surface area is 74.3 Å². The van der Waals surface area contributed by atoms with Crippen LogP contribution in [0.15, 0.2) is 0 Å². The number of aliphatic hydroxyl groups excluding tert-OH is 1. The van der Waals surface area contributed by atoms with Crippen LogP contribution in [-0.4, -0.2) is 49.5 Å². The summed E-state index contributed by atoms with van der Waals surface area (Å²) in [7, 11) is 0. The number of likely N-dealkylation sites (tertiary alicyclic amines) is 1. The largest absolute Gasteiger partial charge is 0.394 e. The molecule has 0 aromatic rings. The van der Waals surface area contributed by atoms with Crippen molar-refractivity contribution >= 4 is 0 Å². The molecule has 0 spiro atoms. The normalized spacial score (nSPS) is 19.5. The van der Waals surface area contributed by atoms with Crippen LogP contribution < -0.4 is 0 Å². The van der Waals surface area contributed by atoms with Crippen molar-refractivity contribution in [1.29, 1.82) is 0 Å². The Hall–Kier alpha value is -0.120. The zero-order valence-corrected chi connectivity index (χ0v) is 7.83. The summed E-state index contributed by atoms with van der Waals surface area (Å²) in [6, 6.07) is 0. The maximum Gasteiger partial charge on any atom is 0.0697 e. The van der Waals surface area contributed by atoms with E-state index in [1.165, 1.54) is 26.1 Å². The summed E-state index contributed by atoms with van der Waals surface area (Å²) in [4.78, 5) is 2.44. The van der Waals surface area contributed by atoms with E-state index in [1.807, 2.05) is 0 Å². The van der Waals surface area contributed by atoms with Crippen molar-refractivity contribution in [3.8, 4) is 0 Å². The highest BCUT2D eigenvalue weighted by Gasteiger charge is 2.25. The molecule has 1 rings (SSSR count). The highest BCUT2D eigenvalue weighted by atomic mass is 16.5. The SMILES string of the molecule is CCCN1CC(COCCO)C1. The topological polar surface area (TPSA) is 32.7 Å². The van der Waals surface area contributed by atoms with Gasteiger partial charge in [0.2, 0.25) is 0 Å². The maximum absolute atomic E-state index is 8.47. The summed E-state index contributed by atoms with van der Waals surface area (Å²) in [6.45, 7) is 7.24. The lowest BCUT2D eigenvalue weighted by Gasteiger charge is -2.38. The van der Waals surface area contributed by atoms with Crippen LogP contribution in [-0.2, 0) is 4.74 Å². The van der Waals surface area contributed by atoms with Crippen LogP contribution in [0.3, 0.4) is 0 Å². The molecular weight excluding hydrogens is 154 g/mol. The summed E-state index contributed by atoms with van der Waals surface area (Å²) in [5, 5.41) is 8.47. The van der Waals surface area contributed by atoms with Crippen molar-refractivity contribution in [2.45, 2.75) is 13.3 Å². The molecule has 1 saturated heterocycles. The predicted octanol–water partition coefficient (Wildman–Crippen LogP) is 0.337. The van der Waals surface area contributed by atoms with E-state index in [0.717, 1.165) is 6.61 Å². The van der Waals surface area contributed by atoms with E-state index in [1.54, 1.807) is 0 Å². The third kappa shape index (κ3) is 3.09. The number of hydrogen-bond donors (Lipinski definition) is 1. The molecule has 1 aliphatic rings. The highest BCUT2D eigenvalue weighted by molar-refractivity contribution is 4.78. The average Bonchev–Trinajstić information content (AvgIpc) is 2.00. The number of aliphatic hydroxyl groups is 1. The van der Waals surface area contributed by atoms with Crippen molar-refractivity contribution in [2.24, 2.45) is 5.92 Å². The fourth-order valence-corrected chi connectivity index (χ4v) is 1.60. The van der Waals surface area contributed by atoms with Gasteiger partial charge in [0.15, 0.2) is 0 Å². The minimum absolute atomic E-state index is 0.144. The molecule has 0 radical (unpaired) electrons. The van der Waals surface area contributed by atoms with E-state index in [2.05, 4.69) is 11.8 Å². The second-order valence-corrected chi connectivity index (χ2v) is 3.42. The van der Waals surface area contributed by atoms with Gasteiger partial charge in [0, 0.05) is 19.0 Å². The standard InChI is InChI=1S/C9H19NO2/c1-2-3-10-6-9(7-10)8-12-5-4-11/h9,11H,2-8H2,1H3. The summed E-state index contributed by atoms with van der Waals surface area (Å²) >= 11 is 0. The van der Waals surface area contributed by atoms with Gasteiger partial charge in [0.1, 0.15) is 0 Å². The predicted molar refractivity (Wildman–Crippen MR) is 48.1 cm³/mol. The maximum atomic E-state index is 8.47. The van der Waals surface area contributed by atoms with E-state index < -0.39 is 0 Å². The Kier molecular flexibility index (Phi) is 4.58. The third-order valence-corrected chi connectivity index (χ3v) is 2.16. The number of ether oxygens (including phenoxy) is 1. The lowest BCUT2D eigenvalue weighted by molar-refractivity contribution is 0.00412. The van der Waals surface area contributed by atoms with Crippen molar-refractivity contribution in [2.75, 3.05) is 39.5 Å². The van der Waals surface area contributed by atoms with Gasteiger partial charge in [-0.1, -0.05) is 6.92 Å². The molecule has 1 fully saturated rings. The lowest BCUT2D eigenvalue weighted by Crippen LogP contribution is -2.48. The van der Waals surface area contributed by atoms with Gasteiger partial charge in [-0.25, -0.2) is 0 Å². The van der Waals surface area contributed by atoms with Crippen LogP contribution in [0.4, 0.5) is 0 Å². The van der Waals surface area contributed by atoms with Gasteiger partial charge in [0.05, 0.1) is 19.8 Å². The lowest BCUT2D eigenvalue weighted by atomic mass is 10.0. The van der Waals surface area contributed by atoms with Crippen LogP contribution in [0, 0.1) is 5.92 Å². The Morgan fingerprint density at radius 1 is 1.50 bits per heavy atom. The summed E-state index contributed by atoms with van der Waals surface area (Å²) in [5.74, 6) is 0.711. The zero-order chi connectivity index (χ0) is 8.81. The van der Waals surface area contributed by atoms with E-state index in [0.29, 0.717) is 12.5 Å². The molecule has 0 bridgehead atoms. The molecule has 3 heteroatoms. The molecule has 0 amide bonds. The Morgan fingerprint density at radius 3 is 2.83 bits per heavy atom. The second-order valence-electron chi connectivity index (χ2n) is 3.42. The van der Waals surface area contributed by atoms with Gasteiger partial charge in [-0.2, -0.15) is 0 Å². The van der Waals surface area contributed by atoms with Gasteiger partial charge in [-0.3, -0.25) is 0 Å². The highest BCUT2D eigenvalue weighted by Crippen LogP contribution is 2.15. The quantitative estimate of drug-likeness (QED) is 0.588. The monoisotopic (exact) mass is 173 g/mol. The molecule has 3 nitrogen and oxygen atoms in total. The first-order valence-electron chi connectivity index (χ1n) is 4.77. The molecule has 72 valence electrons. The van der Waals surface area contributed by atoms with Crippen molar-refractivity contribution in [3.05, 3.63) is 0 Å². The smallest absolute Gasteiger partial charge is 0.0697 e. The van der Waals surface area contributed by atoms with Crippen molar-refractivity contribution < 1.29 is 9.84 Å². The first kappa shape index (κ1) is 9.96. The van der Waals surface area contributed by atoms with Crippen molar-refractivity contribution in [1.82, 2.24) is 4.90 Å². The summed E-state index contributed by atoms with van der Waals surface area (Å²) in [5.41, 5.74) is 0. The second kappa shape index (κ2) is 5.51. The molecule has 0 aromatic carbocycles. The van der Waals surface area contributed by atoms with Crippen molar-refractivity contribution in [3.63, 3.8) is 0 Å². The van der Waals surface area contributed by atoms with Gasteiger partial charge in [-0.05, 0) is 13.0 Å². The molecule has 0 aliphatic carbocycles. The minimum atomic E-state index is 0.144. The van der Waals surface area contributed by atoms with Gasteiger partial charge >= 0.3 is 0 Å². The van der Waals surface area contributed by atoms with Crippen LogP contribution >= 0.6 is 0 Å². The molecule has 12 heavy (non-hydrogen) atoms. The number of rotatable bonds is 6. The van der Waals surface area contributed by atoms with Crippen LogP contribution in [0.25, 0.3) is 0 Å². The Bertz CT molecular complexity index is 110. The molecule has 0 unspecified atom stereocenters. The van der Waals surface area contributed by atoms with Crippen LogP contribution in [0.5, 0.6) is 0 Å². The molecular formula is C9H19NO2. The summed E-state index contributed by atoms with van der Waals surface area (Å²) < 4.78 is 5.24. The van der Waals surface area contributed by atoms with Gasteiger partial charge < -0.3 is 14.7 Å². The fraction of sp³-hybridized carbons (Fsp3) is 1.00. The summed E-state index contributed by atoms with van der Waals surface area (Å²) in [6.07, 6.45) is 1.24. The van der Waals surface area contributed by atoms with E-state index in [9.17, 15) is 0 Å². The molecule has 1 N–H and O–H groups in total. The number of nitrogens with zero attached hydrogens (tertiary/aromatic N) is 1. The third-order valence-electron chi connectivity index (χ3n) is 2.16. The molecule has 0 aromatic heterocycles. The molecule has 0 saturated carbocycles. The minimum Gasteiger partial charge on any atom is -0.394 e. The average molecular weight is 173 g/mol. The Balaban J connectivity index is 1.88. The Morgan fingerprint density at radius 2 is 2.25 bits per heavy atom. The molecule has 1 heterocycles. The van der Waals surface area contributed by atoms with E-state index in [4.69, 9.17) is 9.84 Å². The van der Waals surface area contributed by atoms with E-state index >= 15 is 0 Å².